The second-order valence-corrected chi connectivity index (χ2v) is 11.3. The van der Waals surface area contributed by atoms with Crippen molar-refractivity contribution in [3.8, 4) is 17.0 Å². The third-order valence-corrected chi connectivity index (χ3v) is 8.00. The zero-order valence-electron chi connectivity index (χ0n) is 26.2. The van der Waals surface area contributed by atoms with Crippen LogP contribution in [0.5, 0.6) is 5.75 Å². The van der Waals surface area contributed by atoms with Crippen molar-refractivity contribution in [1.29, 1.82) is 0 Å². The van der Waals surface area contributed by atoms with E-state index in [9.17, 15) is 9.90 Å². The molecule has 1 aliphatic heterocycles. The second-order valence-electron chi connectivity index (χ2n) is 11.3. The van der Waals surface area contributed by atoms with Crippen LogP contribution in [0, 0.1) is 0 Å². The first-order valence-electron chi connectivity index (χ1n) is 14.8. The van der Waals surface area contributed by atoms with Gasteiger partial charge >= 0.3 is 0 Å². The van der Waals surface area contributed by atoms with E-state index >= 15 is 0 Å². The predicted molar refractivity (Wildman–Crippen MR) is 179 cm³/mol. The van der Waals surface area contributed by atoms with Crippen LogP contribution < -0.4 is 25.2 Å². The van der Waals surface area contributed by atoms with E-state index in [2.05, 4.69) is 61.0 Å². The molecular formula is C33H42N8O3. The largest absolute Gasteiger partial charge is 0.494 e. The molecule has 2 aromatic heterocycles. The molecule has 0 saturated carbocycles. The van der Waals surface area contributed by atoms with Crippen molar-refractivity contribution in [2.24, 2.45) is 0 Å². The number of hydrogen-bond donors (Lipinski definition) is 3. The third-order valence-electron chi connectivity index (χ3n) is 8.00. The number of carbonyl (C=O) groups excluding carboxylic acids is 1. The van der Waals surface area contributed by atoms with E-state index in [1.54, 1.807) is 13.3 Å². The van der Waals surface area contributed by atoms with Crippen LogP contribution >= 0.6 is 0 Å². The number of benzene rings is 2. The minimum atomic E-state index is -0.314. The molecule has 5 rings (SSSR count). The number of rotatable bonds is 13. The number of aryl methyl sites for hydroxylation is 2. The van der Waals surface area contributed by atoms with E-state index in [1.807, 2.05) is 45.2 Å². The molecule has 44 heavy (non-hydrogen) atoms. The smallest absolute Gasteiger partial charge is 0.247 e. The Bertz CT molecular complexity index is 1660. The molecule has 1 aliphatic rings. The number of methoxy groups -OCH3 is 1. The Labute approximate surface area is 258 Å². The fraction of sp³-hybridized carbons (Fsp3) is 0.364. The number of carbonyl (C=O) groups is 1. The molecule has 0 saturated heterocycles. The van der Waals surface area contributed by atoms with Crippen LogP contribution in [-0.4, -0.2) is 92.0 Å². The molecule has 4 aromatic rings. The van der Waals surface area contributed by atoms with Crippen molar-refractivity contribution in [2.75, 3.05) is 82.0 Å². The van der Waals surface area contributed by atoms with Crippen molar-refractivity contribution in [2.45, 2.75) is 19.4 Å². The van der Waals surface area contributed by atoms with Crippen LogP contribution in [0.2, 0.25) is 0 Å². The van der Waals surface area contributed by atoms with Gasteiger partial charge in [-0.2, -0.15) is 0 Å². The summed E-state index contributed by atoms with van der Waals surface area (Å²) in [6, 6.07) is 10.2. The first kappa shape index (κ1) is 30.8. The lowest BCUT2D eigenvalue weighted by Gasteiger charge is -2.26. The van der Waals surface area contributed by atoms with Gasteiger partial charge < -0.3 is 39.7 Å². The van der Waals surface area contributed by atoms with Gasteiger partial charge in [-0.15, -0.1) is 0 Å². The molecule has 3 N–H and O–H groups in total. The Hall–Kier alpha value is -4.61. The summed E-state index contributed by atoms with van der Waals surface area (Å²) in [5.41, 5.74) is 7.19. The average molecular weight is 599 g/mol. The minimum Gasteiger partial charge on any atom is -0.494 e. The number of anilines is 5. The highest BCUT2D eigenvalue weighted by molar-refractivity contribution is 6.02. The van der Waals surface area contributed by atoms with E-state index < -0.39 is 0 Å². The summed E-state index contributed by atoms with van der Waals surface area (Å²) in [5, 5.41) is 17.1. The average Bonchev–Trinajstić information content (AvgIpc) is 3.40. The number of para-hydroxylation sites is 1. The van der Waals surface area contributed by atoms with Gasteiger partial charge in [0.25, 0.3) is 0 Å². The highest BCUT2D eigenvalue weighted by Gasteiger charge is 2.22. The lowest BCUT2D eigenvalue weighted by Crippen LogP contribution is -2.29. The zero-order valence-corrected chi connectivity index (χ0v) is 26.2. The van der Waals surface area contributed by atoms with Crippen molar-refractivity contribution in [3.63, 3.8) is 0 Å². The summed E-state index contributed by atoms with van der Waals surface area (Å²) in [7, 11) is 9.56. The number of likely N-dealkylation sites (N-methyl/N-ethyl adjacent to an activating group) is 3. The summed E-state index contributed by atoms with van der Waals surface area (Å²) in [5.74, 6) is 0.638. The van der Waals surface area contributed by atoms with E-state index in [0.29, 0.717) is 29.6 Å². The maximum Gasteiger partial charge on any atom is 0.247 e. The maximum absolute atomic E-state index is 12.4. The Balaban J connectivity index is 1.59. The number of amides is 1. The molecule has 0 aliphatic carbocycles. The van der Waals surface area contributed by atoms with Gasteiger partial charge in [-0.1, -0.05) is 24.8 Å². The minimum absolute atomic E-state index is 0.00753. The standard InChI is InChI=1S/C33H42N8O3/c1-7-30(43)35-25-18-26(29(44-6)19-27(25)39(4)15-14-38(2)3)36-33-34-20-28(40(5)16-17-42)31(37-33)24-21-41-13-9-11-22-10-8-12-23(24)32(22)41/h7-8,10,12,18-21,42H,1,9,11,13-17H2,2-6H3,(H,35,43)(H,34,36,37). The van der Waals surface area contributed by atoms with Crippen LogP contribution in [0.25, 0.3) is 22.2 Å². The van der Waals surface area contributed by atoms with Gasteiger partial charge in [0, 0.05) is 63.5 Å². The topological polar surface area (TPSA) is 111 Å². The first-order chi connectivity index (χ1) is 21.2. The van der Waals surface area contributed by atoms with Crippen molar-refractivity contribution < 1.29 is 14.6 Å². The van der Waals surface area contributed by atoms with E-state index in [-0.39, 0.29) is 12.5 Å². The third kappa shape index (κ3) is 6.34. The Kier molecular flexibility index (Phi) is 9.36. The van der Waals surface area contributed by atoms with Crippen LogP contribution in [0.3, 0.4) is 0 Å². The Morgan fingerprint density at radius 2 is 1.91 bits per heavy atom. The van der Waals surface area contributed by atoms with Gasteiger partial charge in [0.2, 0.25) is 11.9 Å². The summed E-state index contributed by atoms with van der Waals surface area (Å²) >= 11 is 0. The monoisotopic (exact) mass is 598 g/mol. The summed E-state index contributed by atoms with van der Waals surface area (Å²) in [4.78, 5) is 28.3. The first-order valence-corrected chi connectivity index (χ1v) is 14.8. The van der Waals surface area contributed by atoms with Gasteiger partial charge in [-0.3, -0.25) is 4.79 Å². The van der Waals surface area contributed by atoms with Crippen LogP contribution in [0.4, 0.5) is 28.7 Å². The fourth-order valence-corrected chi connectivity index (χ4v) is 5.65. The molecule has 0 unspecified atom stereocenters. The number of nitrogens with zero attached hydrogens (tertiary/aromatic N) is 6. The molecule has 0 atom stereocenters. The fourth-order valence-electron chi connectivity index (χ4n) is 5.65. The lowest BCUT2D eigenvalue weighted by molar-refractivity contribution is -0.111. The number of aliphatic hydroxyl groups is 1. The number of ether oxygens (including phenoxy) is 1. The molecule has 11 heteroatoms. The Morgan fingerprint density at radius 3 is 2.64 bits per heavy atom. The van der Waals surface area contributed by atoms with Gasteiger partial charge in [0.1, 0.15) is 11.4 Å². The number of aromatic nitrogens is 3. The molecule has 0 radical (unpaired) electrons. The second kappa shape index (κ2) is 13.4. The van der Waals surface area contributed by atoms with Crippen molar-refractivity contribution in [3.05, 3.63) is 60.9 Å². The lowest BCUT2D eigenvalue weighted by atomic mass is 10.0. The van der Waals surface area contributed by atoms with Crippen LogP contribution in [-0.2, 0) is 17.8 Å². The highest BCUT2D eigenvalue weighted by atomic mass is 16.5. The molecular weight excluding hydrogens is 556 g/mol. The highest BCUT2D eigenvalue weighted by Crippen LogP contribution is 2.41. The molecule has 11 nitrogen and oxygen atoms in total. The van der Waals surface area contributed by atoms with Crippen LogP contribution in [0.15, 0.2) is 55.4 Å². The summed E-state index contributed by atoms with van der Waals surface area (Å²) in [6.45, 7) is 6.59. The predicted octanol–water partition coefficient (Wildman–Crippen LogP) is 4.35. The molecule has 0 bridgehead atoms. The van der Waals surface area contributed by atoms with Crippen molar-refractivity contribution in [1.82, 2.24) is 19.4 Å². The molecule has 0 fully saturated rings. The van der Waals surface area contributed by atoms with Gasteiger partial charge in [0.15, 0.2) is 0 Å². The molecule has 2 aromatic carbocycles. The van der Waals surface area contributed by atoms with Crippen LogP contribution in [0.1, 0.15) is 12.0 Å². The zero-order chi connectivity index (χ0) is 31.4. The normalized spacial score (nSPS) is 12.3. The van der Waals surface area contributed by atoms with Crippen molar-refractivity contribution >= 4 is 45.5 Å². The van der Waals surface area contributed by atoms with E-state index in [0.717, 1.165) is 60.5 Å². The quantitative estimate of drug-likeness (QED) is 0.194. The van der Waals surface area contributed by atoms with E-state index in [1.165, 1.54) is 17.2 Å². The SMILES string of the molecule is C=CC(=O)Nc1cc(Nc2ncc(N(C)CCO)c(-c3cn4c5c(cccc35)CCC4)n2)c(OC)cc1N(C)CCN(C)C. The molecule has 0 spiro atoms. The molecule has 1 amide bonds. The number of aliphatic hydroxyl groups excluding tert-OH is 1. The summed E-state index contributed by atoms with van der Waals surface area (Å²) in [6.07, 6.45) is 7.36. The Morgan fingerprint density at radius 1 is 1.11 bits per heavy atom. The molecule has 3 heterocycles. The van der Waals surface area contributed by atoms with Gasteiger partial charge in [0.05, 0.1) is 48.2 Å². The molecule has 232 valence electrons. The number of hydrogen-bond acceptors (Lipinski definition) is 9. The number of nitrogens with one attached hydrogen (secondary N) is 2. The summed E-state index contributed by atoms with van der Waals surface area (Å²) < 4.78 is 8.11. The van der Waals surface area contributed by atoms with Gasteiger partial charge in [-0.05, 0) is 44.6 Å². The van der Waals surface area contributed by atoms with E-state index in [4.69, 9.17) is 9.72 Å². The maximum atomic E-state index is 12.4. The van der Waals surface area contributed by atoms with Gasteiger partial charge in [-0.25, -0.2) is 9.97 Å².